The van der Waals surface area contributed by atoms with Gasteiger partial charge in [-0.2, -0.15) is 0 Å². The summed E-state index contributed by atoms with van der Waals surface area (Å²) in [6.07, 6.45) is 2.81. The van der Waals surface area contributed by atoms with Crippen LogP contribution in [0.3, 0.4) is 0 Å². The van der Waals surface area contributed by atoms with Crippen LogP contribution in [-0.2, 0) is 19.2 Å². The number of hydrogen-bond acceptors (Lipinski definition) is 7. The van der Waals surface area contributed by atoms with E-state index >= 15 is 0 Å². The maximum Gasteiger partial charge on any atom is 0.328 e. The third-order valence-corrected chi connectivity index (χ3v) is 3.06. The summed E-state index contributed by atoms with van der Waals surface area (Å²) >= 11 is 0. The highest BCUT2D eigenvalue weighted by Crippen LogP contribution is 2.15. The fraction of sp³-hybridized carbons (Fsp3) is 0.615. The third-order valence-electron chi connectivity index (χ3n) is 3.06. The third kappa shape index (κ3) is 11.9. The van der Waals surface area contributed by atoms with Gasteiger partial charge >= 0.3 is 11.9 Å². The average Bonchev–Trinajstić information content (AvgIpc) is 2.50. The lowest BCUT2D eigenvalue weighted by Crippen LogP contribution is -2.40. The highest BCUT2D eigenvalue weighted by molar-refractivity contribution is 5.89. The first kappa shape index (κ1) is 21.3. The Morgan fingerprint density at radius 2 is 1.75 bits per heavy atom. The van der Waals surface area contributed by atoms with Crippen LogP contribution in [0.15, 0.2) is 12.2 Å². The van der Waals surface area contributed by atoms with E-state index in [0.29, 0.717) is 12.2 Å². The molecule has 1 fully saturated rings. The lowest BCUT2D eigenvalue weighted by molar-refractivity contribution is -0.757. The van der Waals surface area contributed by atoms with Crippen molar-refractivity contribution in [2.24, 2.45) is 5.92 Å². The highest BCUT2D eigenvalue weighted by Gasteiger charge is 2.22. The van der Waals surface area contributed by atoms with E-state index in [4.69, 9.17) is 10.2 Å². The predicted octanol–water partition coefficient (Wildman–Crippen LogP) is -0.635. The molecule has 0 aromatic rings. The van der Waals surface area contributed by atoms with Crippen molar-refractivity contribution >= 4 is 17.8 Å². The molecule has 11 heteroatoms. The molecule has 136 valence electrons. The molecule has 1 saturated heterocycles. The zero-order valence-corrected chi connectivity index (χ0v) is 13.2. The molecule has 0 spiro atoms. The molecule has 0 saturated carbocycles. The lowest BCUT2D eigenvalue weighted by atomic mass is 9.96. The molecular weight excluding hydrogens is 326 g/mol. The summed E-state index contributed by atoms with van der Waals surface area (Å²) in [4.78, 5) is 46.8. The summed E-state index contributed by atoms with van der Waals surface area (Å²) in [5.41, 5.74) is 0. The molecule has 1 rings (SSSR count). The number of piperidine rings is 1. The molecule has 0 unspecified atom stereocenters. The zero-order valence-electron chi connectivity index (χ0n) is 13.2. The molecule has 1 amide bonds. The number of aliphatic carboxylic acids is 2. The molecule has 0 aliphatic carbocycles. The fourth-order valence-corrected chi connectivity index (χ4v) is 1.85. The standard InChI is InChI=1S/C9H17N3O4.C4H4O4/c1-11-5-2-8(3-6-11)9(13)10-4-7-16-12(14)15;5-3(6)1-2-4(7)8/h8H,2-7H2,1H3,(H,10,13);1-2H,(H,5,6)(H,7,8)/b;2-1+. The first-order valence-corrected chi connectivity index (χ1v) is 7.10. The van der Waals surface area contributed by atoms with Crippen LogP contribution in [0.5, 0.6) is 0 Å². The van der Waals surface area contributed by atoms with Crippen molar-refractivity contribution in [3.8, 4) is 0 Å². The minimum absolute atomic E-state index is 0.0277. The van der Waals surface area contributed by atoms with Gasteiger partial charge in [0.25, 0.3) is 5.09 Å². The summed E-state index contributed by atoms with van der Waals surface area (Å²) in [6.45, 7) is 1.94. The van der Waals surface area contributed by atoms with Crippen molar-refractivity contribution in [1.29, 1.82) is 0 Å². The molecule has 0 bridgehead atoms. The molecule has 24 heavy (non-hydrogen) atoms. The minimum Gasteiger partial charge on any atom is -0.478 e. The van der Waals surface area contributed by atoms with Gasteiger partial charge in [-0.05, 0) is 33.0 Å². The van der Waals surface area contributed by atoms with Gasteiger partial charge in [0.05, 0.1) is 0 Å². The van der Waals surface area contributed by atoms with Crippen molar-refractivity contribution in [3.63, 3.8) is 0 Å². The van der Waals surface area contributed by atoms with Crippen molar-refractivity contribution in [2.45, 2.75) is 12.8 Å². The van der Waals surface area contributed by atoms with E-state index in [1.54, 1.807) is 0 Å². The van der Waals surface area contributed by atoms with E-state index in [2.05, 4.69) is 15.1 Å². The van der Waals surface area contributed by atoms with E-state index in [9.17, 15) is 24.5 Å². The number of nitrogens with one attached hydrogen (secondary N) is 1. The van der Waals surface area contributed by atoms with Crippen LogP contribution < -0.4 is 5.32 Å². The summed E-state index contributed by atoms with van der Waals surface area (Å²) < 4.78 is 0. The number of amides is 1. The van der Waals surface area contributed by atoms with E-state index in [-0.39, 0.29) is 25.0 Å². The second kappa shape index (κ2) is 11.8. The SMILES string of the molecule is CN1CCC(C(=O)NCCO[N+](=O)[O-])CC1.O=C(O)/C=C/C(=O)O. The fourth-order valence-electron chi connectivity index (χ4n) is 1.85. The average molecular weight is 347 g/mol. The van der Waals surface area contributed by atoms with Crippen molar-refractivity contribution in [3.05, 3.63) is 22.3 Å². The Morgan fingerprint density at radius 3 is 2.17 bits per heavy atom. The van der Waals surface area contributed by atoms with Gasteiger partial charge in [-0.3, -0.25) is 4.79 Å². The van der Waals surface area contributed by atoms with Gasteiger partial charge in [-0.15, -0.1) is 10.1 Å². The molecule has 0 aromatic heterocycles. The molecular formula is C13H21N3O8. The maximum absolute atomic E-state index is 11.6. The number of carboxylic acid groups (broad SMARTS) is 2. The molecule has 1 heterocycles. The molecule has 11 nitrogen and oxygen atoms in total. The Balaban J connectivity index is 0.000000561. The Labute approximate surface area is 138 Å². The largest absolute Gasteiger partial charge is 0.478 e. The minimum atomic E-state index is -1.26. The molecule has 0 radical (unpaired) electrons. The molecule has 1 aliphatic rings. The Morgan fingerprint density at radius 1 is 1.25 bits per heavy atom. The molecule has 0 aromatic carbocycles. The summed E-state index contributed by atoms with van der Waals surface area (Å²) in [5.74, 6) is -2.51. The van der Waals surface area contributed by atoms with Gasteiger partial charge < -0.3 is 25.3 Å². The lowest BCUT2D eigenvalue weighted by Gasteiger charge is -2.27. The number of likely N-dealkylation sites (tertiary alicyclic amines) is 1. The van der Waals surface area contributed by atoms with Gasteiger partial charge in [0.1, 0.15) is 6.61 Å². The summed E-state index contributed by atoms with van der Waals surface area (Å²) in [6, 6.07) is 0. The first-order chi connectivity index (χ1) is 11.2. The number of nitrogens with zero attached hydrogens (tertiary/aromatic N) is 2. The normalized spacial score (nSPS) is 15.2. The number of hydrogen-bond donors (Lipinski definition) is 3. The molecule has 1 aliphatic heterocycles. The highest BCUT2D eigenvalue weighted by atomic mass is 16.9. The quantitative estimate of drug-likeness (QED) is 0.236. The van der Waals surface area contributed by atoms with Crippen LogP contribution in [0.25, 0.3) is 0 Å². The van der Waals surface area contributed by atoms with Crippen molar-refractivity contribution < 1.29 is 34.5 Å². The van der Waals surface area contributed by atoms with Crippen LogP contribution >= 0.6 is 0 Å². The van der Waals surface area contributed by atoms with Gasteiger partial charge in [-0.25, -0.2) is 9.59 Å². The van der Waals surface area contributed by atoms with Gasteiger partial charge in [0.15, 0.2) is 0 Å². The van der Waals surface area contributed by atoms with Crippen LogP contribution in [0.4, 0.5) is 0 Å². The van der Waals surface area contributed by atoms with Crippen molar-refractivity contribution in [2.75, 3.05) is 33.3 Å². The van der Waals surface area contributed by atoms with Crippen LogP contribution in [0, 0.1) is 16.0 Å². The van der Waals surface area contributed by atoms with Crippen LogP contribution in [0.1, 0.15) is 12.8 Å². The molecule has 0 atom stereocenters. The van der Waals surface area contributed by atoms with Gasteiger partial charge in [0.2, 0.25) is 5.91 Å². The first-order valence-electron chi connectivity index (χ1n) is 7.10. The maximum atomic E-state index is 11.6. The van der Waals surface area contributed by atoms with E-state index in [1.807, 2.05) is 7.05 Å². The van der Waals surface area contributed by atoms with Gasteiger partial charge in [-0.1, -0.05) is 0 Å². The number of carbonyl (C=O) groups is 3. The number of rotatable bonds is 7. The Hall–Kier alpha value is -2.69. The molecule has 3 N–H and O–H groups in total. The van der Waals surface area contributed by atoms with Gasteiger partial charge in [0, 0.05) is 24.6 Å². The predicted molar refractivity (Wildman–Crippen MR) is 80.6 cm³/mol. The van der Waals surface area contributed by atoms with E-state index < -0.39 is 17.0 Å². The second-order valence-electron chi connectivity index (χ2n) is 4.94. The number of carboxylic acids is 2. The summed E-state index contributed by atoms with van der Waals surface area (Å²) in [7, 11) is 2.03. The smallest absolute Gasteiger partial charge is 0.328 e. The Kier molecular flexibility index (Phi) is 10.5. The zero-order chi connectivity index (χ0) is 18.5. The van der Waals surface area contributed by atoms with E-state index in [0.717, 1.165) is 25.9 Å². The summed E-state index contributed by atoms with van der Waals surface area (Å²) in [5, 5.41) is 27.2. The van der Waals surface area contributed by atoms with Crippen LogP contribution in [-0.4, -0.2) is 71.3 Å². The topological polar surface area (TPSA) is 159 Å². The number of carbonyl (C=O) groups excluding carboxylic acids is 1. The second-order valence-corrected chi connectivity index (χ2v) is 4.94. The Bertz CT molecular complexity index is 456. The van der Waals surface area contributed by atoms with Crippen molar-refractivity contribution in [1.82, 2.24) is 10.2 Å². The monoisotopic (exact) mass is 347 g/mol. The van der Waals surface area contributed by atoms with E-state index in [1.165, 1.54) is 0 Å². The van der Waals surface area contributed by atoms with Crippen LogP contribution in [0.2, 0.25) is 0 Å².